The van der Waals surface area contributed by atoms with Crippen LogP contribution in [0.1, 0.15) is 105 Å². The molecule has 174 valence electrons. The first-order valence-electron chi connectivity index (χ1n) is 13.0. The summed E-state index contributed by atoms with van der Waals surface area (Å²) in [6.45, 7) is 11.7. The van der Waals surface area contributed by atoms with E-state index in [4.69, 9.17) is 0 Å². The van der Waals surface area contributed by atoms with Crippen molar-refractivity contribution in [2.45, 2.75) is 117 Å². The van der Waals surface area contributed by atoms with Crippen LogP contribution in [-0.4, -0.2) is 17.1 Å². The van der Waals surface area contributed by atoms with Crippen LogP contribution < -0.4 is 0 Å². The molecule has 4 rings (SSSR count). The fraction of sp³-hybridized carbons (Fsp3) is 1.00. The van der Waals surface area contributed by atoms with Gasteiger partial charge in [-0.3, -0.25) is 0 Å². The number of hydrogen-bond donors (Lipinski definition) is 1. The van der Waals surface area contributed by atoms with Crippen LogP contribution in [-0.2, 0) is 0 Å². The summed E-state index contributed by atoms with van der Waals surface area (Å²) in [4.78, 5) is 0. The molecule has 0 bridgehead atoms. The van der Waals surface area contributed by atoms with E-state index < -0.39 is 17.9 Å². The van der Waals surface area contributed by atoms with Crippen LogP contribution in [0.25, 0.3) is 0 Å². The second kappa shape index (κ2) is 7.99. The zero-order valence-electron chi connectivity index (χ0n) is 20.1. The maximum absolute atomic E-state index is 15.5. The van der Waals surface area contributed by atoms with Crippen LogP contribution in [0.15, 0.2) is 0 Å². The van der Waals surface area contributed by atoms with Crippen LogP contribution in [0.5, 0.6) is 0 Å². The molecule has 0 aromatic rings. The van der Waals surface area contributed by atoms with Crippen molar-refractivity contribution in [3.05, 3.63) is 0 Å². The Kier molecular flexibility index (Phi) is 6.13. The van der Waals surface area contributed by atoms with Crippen molar-refractivity contribution in [1.29, 1.82) is 0 Å². The topological polar surface area (TPSA) is 20.2 Å². The molecule has 4 aliphatic rings. The molecule has 3 heteroatoms. The molecule has 1 N–H and O–H groups in total. The number of halogens is 2. The minimum absolute atomic E-state index is 0.0827. The van der Waals surface area contributed by atoms with E-state index in [0.717, 1.165) is 25.2 Å². The van der Waals surface area contributed by atoms with E-state index in [1.54, 1.807) is 0 Å². The average Bonchev–Trinajstić information content (AvgIpc) is 3.00. The molecule has 0 amide bonds. The molecule has 0 radical (unpaired) electrons. The van der Waals surface area contributed by atoms with Gasteiger partial charge in [-0.25, -0.2) is 8.78 Å². The van der Waals surface area contributed by atoms with Crippen LogP contribution >= 0.6 is 0 Å². The summed E-state index contributed by atoms with van der Waals surface area (Å²) >= 11 is 0. The fourth-order valence-electron chi connectivity index (χ4n) is 9.28. The van der Waals surface area contributed by atoms with Crippen LogP contribution in [0.2, 0.25) is 0 Å². The van der Waals surface area contributed by atoms with Crippen molar-refractivity contribution in [3.63, 3.8) is 0 Å². The smallest absolute Gasteiger partial charge is 0.251 e. The van der Waals surface area contributed by atoms with E-state index in [1.165, 1.54) is 32.1 Å². The van der Waals surface area contributed by atoms with E-state index in [9.17, 15) is 5.11 Å². The molecule has 0 aliphatic heterocycles. The summed E-state index contributed by atoms with van der Waals surface area (Å²) in [5.74, 6) is 0.0557. The largest absolute Gasteiger partial charge is 0.393 e. The lowest BCUT2D eigenvalue weighted by Gasteiger charge is -2.62. The summed E-state index contributed by atoms with van der Waals surface area (Å²) in [7, 11) is 0. The minimum Gasteiger partial charge on any atom is -0.393 e. The number of aliphatic hydroxyl groups excluding tert-OH is 1. The number of fused-ring (bicyclic) bond motifs is 5. The van der Waals surface area contributed by atoms with Gasteiger partial charge in [0.2, 0.25) is 0 Å². The van der Waals surface area contributed by atoms with Gasteiger partial charge in [-0.05, 0) is 91.3 Å². The molecule has 0 spiro atoms. The zero-order valence-corrected chi connectivity index (χ0v) is 20.1. The molecular formula is C27H46F2O. The first-order chi connectivity index (χ1) is 14.0. The number of alkyl halides is 2. The highest BCUT2D eigenvalue weighted by Gasteiger charge is 2.67. The predicted octanol–water partition coefficient (Wildman–Crippen LogP) is 7.71. The molecule has 0 saturated heterocycles. The molecule has 0 aromatic heterocycles. The van der Waals surface area contributed by atoms with Gasteiger partial charge in [-0.2, -0.15) is 0 Å². The first-order valence-corrected chi connectivity index (χ1v) is 13.0. The first kappa shape index (κ1) is 23.0. The molecule has 0 heterocycles. The molecule has 4 saturated carbocycles. The van der Waals surface area contributed by atoms with Gasteiger partial charge >= 0.3 is 0 Å². The summed E-state index contributed by atoms with van der Waals surface area (Å²) in [5, 5.41) is 10.1. The standard InChI is InChI=1S/C27H46F2O/c1-17(2)7-6-8-18(3)21-9-10-22-20-16-27(28,29)24-15-19(30)11-13-26(24,5)23(20)12-14-25(21,22)4/h17-24,30H,6-16H2,1-5H3/t18-,19+,20+,21-,22+,23+,24?,25-,26-/m1/s1. The van der Waals surface area contributed by atoms with Crippen molar-refractivity contribution in [1.82, 2.24) is 0 Å². The predicted molar refractivity (Wildman–Crippen MR) is 119 cm³/mol. The maximum atomic E-state index is 15.5. The second-order valence-corrected chi connectivity index (χ2v) is 12.9. The fourth-order valence-corrected chi connectivity index (χ4v) is 9.28. The van der Waals surface area contributed by atoms with Gasteiger partial charge in [0.1, 0.15) is 0 Å². The molecule has 9 atom stereocenters. The third kappa shape index (κ3) is 3.67. The Morgan fingerprint density at radius 3 is 2.27 bits per heavy atom. The van der Waals surface area contributed by atoms with Gasteiger partial charge in [-0.15, -0.1) is 0 Å². The normalized spacial score (nSPS) is 48.7. The minimum atomic E-state index is -2.61. The van der Waals surface area contributed by atoms with E-state index in [-0.39, 0.29) is 23.2 Å². The highest BCUT2D eigenvalue weighted by molar-refractivity contribution is 5.13. The van der Waals surface area contributed by atoms with Gasteiger partial charge in [0.25, 0.3) is 5.92 Å². The highest BCUT2D eigenvalue weighted by Crippen LogP contribution is 2.70. The Morgan fingerprint density at radius 1 is 0.900 bits per heavy atom. The van der Waals surface area contributed by atoms with Gasteiger partial charge in [0.05, 0.1) is 6.10 Å². The third-order valence-corrected chi connectivity index (χ3v) is 10.8. The van der Waals surface area contributed by atoms with E-state index in [0.29, 0.717) is 36.5 Å². The summed E-state index contributed by atoms with van der Waals surface area (Å²) in [6.07, 6.45) is 10.0. The summed E-state index contributed by atoms with van der Waals surface area (Å²) < 4.78 is 31.0. The van der Waals surface area contributed by atoms with Gasteiger partial charge < -0.3 is 5.11 Å². The third-order valence-electron chi connectivity index (χ3n) is 10.8. The summed E-state index contributed by atoms with van der Waals surface area (Å²) in [6, 6.07) is 0. The van der Waals surface area contributed by atoms with Crippen molar-refractivity contribution in [3.8, 4) is 0 Å². The van der Waals surface area contributed by atoms with Crippen LogP contribution in [0.3, 0.4) is 0 Å². The lowest BCUT2D eigenvalue weighted by molar-refractivity contribution is -0.235. The van der Waals surface area contributed by atoms with Crippen molar-refractivity contribution in [2.75, 3.05) is 0 Å². The number of hydrogen-bond acceptors (Lipinski definition) is 1. The van der Waals surface area contributed by atoms with Gasteiger partial charge in [0.15, 0.2) is 0 Å². The van der Waals surface area contributed by atoms with Crippen molar-refractivity contribution < 1.29 is 13.9 Å². The molecule has 1 nitrogen and oxygen atoms in total. The second-order valence-electron chi connectivity index (χ2n) is 12.9. The van der Waals surface area contributed by atoms with Crippen LogP contribution in [0.4, 0.5) is 8.78 Å². The molecular weight excluding hydrogens is 378 g/mol. The average molecular weight is 425 g/mol. The van der Waals surface area contributed by atoms with E-state index >= 15 is 8.78 Å². The number of rotatable bonds is 5. The van der Waals surface area contributed by atoms with Crippen LogP contribution in [0, 0.1) is 52.3 Å². The summed E-state index contributed by atoms with van der Waals surface area (Å²) in [5.41, 5.74) is -0.0280. The van der Waals surface area contributed by atoms with Crippen molar-refractivity contribution >= 4 is 0 Å². The molecule has 4 fully saturated rings. The quantitative estimate of drug-likeness (QED) is 0.479. The Balaban J connectivity index is 1.53. The lowest BCUT2D eigenvalue weighted by Crippen LogP contribution is -2.60. The molecule has 1 unspecified atom stereocenters. The van der Waals surface area contributed by atoms with E-state index in [1.807, 2.05) is 0 Å². The highest BCUT2D eigenvalue weighted by atomic mass is 19.3. The van der Waals surface area contributed by atoms with Gasteiger partial charge in [-0.1, -0.05) is 53.9 Å². The SMILES string of the molecule is CC(C)CCC[C@@H](C)[C@H]1CC[C@H]2[C@@H]3CC(F)(F)C4C[C@@H](O)CC[C@]4(C)[C@H]3CC[C@]12C. The molecule has 30 heavy (non-hydrogen) atoms. The van der Waals surface area contributed by atoms with E-state index in [2.05, 4.69) is 34.6 Å². The molecule has 0 aromatic carbocycles. The Hall–Kier alpha value is -0.180. The maximum Gasteiger partial charge on any atom is 0.251 e. The Bertz CT molecular complexity index is 618. The van der Waals surface area contributed by atoms with Crippen molar-refractivity contribution in [2.24, 2.45) is 52.3 Å². The Labute approximate surface area is 183 Å². The lowest BCUT2D eigenvalue weighted by atomic mass is 9.43. The number of aliphatic hydroxyl groups is 1. The molecule has 4 aliphatic carbocycles. The van der Waals surface area contributed by atoms with Gasteiger partial charge in [0, 0.05) is 12.3 Å². The monoisotopic (exact) mass is 424 g/mol. The Morgan fingerprint density at radius 2 is 1.57 bits per heavy atom. The zero-order chi connectivity index (χ0) is 21.9.